The molecule has 10 heteroatoms. The van der Waals surface area contributed by atoms with Gasteiger partial charge in [-0.1, -0.05) is 39.8 Å². The lowest BCUT2D eigenvalue weighted by atomic mass is 9.53. The molecule has 0 saturated heterocycles. The number of primary amides is 1. The molecular formula is C26H34N2O8. The van der Waals surface area contributed by atoms with Crippen molar-refractivity contribution in [2.75, 3.05) is 14.1 Å². The summed E-state index contributed by atoms with van der Waals surface area (Å²) in [5, 5.41) is 56.8. The Balaban J connectivity index is 2.03. The molecule has 1 saturated carbocycles. The van der Waals surface area contributed by atoms with Crippen molar-refractivity contribution < 1.29 is 39.9 Å². The molecule has 1 aromatic carbocycles. The summed E-state index contributed by atoms with van der Waals surface area (Å²) in [5.74, 6) is -9.59. The van der Waals surface area contributed by atoms with E-state index in [0.29, 0.717) is 11.1 Å². The number of fused-ring (bicyclic) bond motifs is 3. The summed E-state index contributed by atoms with van der Waals surface area (Å²) >= 11 is 0. The van der Waals surface area contributed by atoms with Gasteiger partial charge in [0, 0.05) is 29.0 Å². The Labute approximate surface area is 209 Å². The minimum absolute atomic E-state index is 0.0686. The van der Waals surface area contributed by atoms with E-state index in [4.69, 9.17) is 5.73 Å². The highest BCUT2D eigenvalue weighted by atomic mass is 16.4. The van der Waals surface area contributed by atoms with Gasteiger partial charge in [0.2, 0.25) is 5.91 Å². The Bertz CT molecular complexity index is 1200. The molecule has 4 rings (SSSR count). The van der Waals surface area contributed by atoms with Crippen molar-refractivity contribution in [2.24, 2.45) is 23.5 Å². The van der Waals surface area contributed by atoms with Crippen molar-refractivity contribution in [3.05, 3.63) is 40.2 Å². The third kappa shape index (κ3) is 3.21. The summed E-state index contributed by atoms with van der Waals surface area (Å²) in [4.78, 5) is 40.8. The van der Waals surface area contributed by atoms with Crippen molar-refractivity contribution >= 4 is 17.5 Å². The number of aromatic hydroxyl groups is 1. The molecule has 3 aliphatic carbocycles. The van der Waals surface area contributed by atoms with E-state index in [2.05, 4.69) is 0 Å². The highest BCUT2D eigenvalue weighted by Crippen LogP contribution is 2.56. The molecule has 1 aromatic rings. The van der Waals surface area contributed by atoms with Crippen LogP contribution in [0.3, 0.4) is 0 Å². The van der Waals surface area contributed by atoms with Crippen LogP contribution in [0.15, 0.2) is 23.5 Å². The molecule has 10 nitrogen and oxygen atoms in total. The molecule has 8 atom stereocenters. The number of Topliss-reactive ketones (excluding diaryl/α,β-unsaturated/α-hetero) is 2. The molecule has 7 N–H and O–H groups in total. The fourth-order valence-corrected chi connectivity index (χ4v) is 6.58. The average molecular weight is 503 g/mol. The average Bonchev–Trinajstić information content (AvgIpc) is 2.75. The largest absolute Gasteiger partial charge is 0.508 e. The number of likely N-dealkylation sites (N-methyl/N-ethyl adjacent to an activating group) is 1. The lowest BCUT2D eigenvalue weighted by Gasteiger charge is -2.56. The zero-order chi connectivity index (χ0) is 27.2. The van der Waals surface area contributed by atoms with Crippen LogP contribution in [0.2, 0.25) is 0 Å². The SMILES string of the molecule is C[C@H]1c2ccc(C(C)(C)C)c(O)c2C(=O)C2=C(O)[C@]3(O)C(=O)C(C(N)=O)C(O)[C@@H](N(C)C)[C@@H]3[C@@H](O)[C@@H]21. The quantitative estimate of drug-likeness (QED) is 0.306. The number of rotatable bonds is 2. The minimum Gasteiger partial charge on any atom is -0.508 e. The smallest absolute Gasteiger partial charge is 0.230 e. The molecule has 0 bridgehead atoms. The number of ketones is 2. The first kappa shape index (κ1) is 26.3. The Hall–Kier alpha value is -2.79. The lowest BCUT2D eigenvalue weighted by Crippen LogP contribution is -2.74. The Morgan fingerprint density at radius 1 is 1.08 bits per heavy atom. The van der Waals surface area contributed by atoms with Crippen LogP contribution in [0.25, 0.3) is 0 Å². The fraction of sp³-hybridized carbons (Fsp3) is 0.577. The molecule has 1 amide bonds. The van der Waals surface area contributed by atoms with Crippen molar-refractivity contribution in [1.29, 1.82) is 0 Å². The fourth-order valence-electron chi connectivity index (χ4n) is 6.58. The summed E-state index contributed by atoms with van der Waals surface area (Å²) in [6.45, 7) is 7.30. The maximum atomic E-state index is 13.8. The van der Waals surface area contributed by atoms with Gasteiger partial charge in [-0.15, -0.1) is 0 Å². The molecule has 0 aromatic heterocycles. The number of amides is 1. The predicted octanol–water partition coefficient (Wildman–Crippen LogP) is 0.115. The van der Waals surface area contributed by atoms with Crippen LogP contribution in [0.1, 0.15) is 55.1 Å². The van der Waals surface area contributed by atoms with Crippen molar-refractivity contribution in [2.45, 2.75) is 62.9 Å². The topological polar surface area (TPSA) is 182 Å². The highest BCUT2D eigenvalue weighted by molar-refractivity contribution is 6.16. The summed E-state index contributed by atoms with van der Waals surface area (Å²) < 4.78 is 0. The number of aliphatic hydroxyl groups is 4. The number of nitrogens with zero attached hydrogens (tertiary/aromatic N) is 1. The highest BCUT2D eigenvalue weighted by Gasteiger charge is 2.69. The molecule has 1 fully saturated rings. The van der Waals surface area contributed by atoms with Gasteiger partial charge in [-0.05, 0) is 31.0 Å². The van der Waals surface area contributed by atoms with Crippen LogP contribution < -0.4 is 5.73 Å². The summed E-state index contributed by atoms with van der Waals surface area (Å²) in [5.41, 5.74) is 2.49. The van der Waals surface area contributed by atoms with E-state index in [0.717, 1.165) is 0 Å². The molecule has 0 heterocycles. The second kappa shape index (κ2) is 8.11. The van der Waals surface area contributed by atoms with Gasteiger partial charge in [-0.25, -0.2) is 0 Å². The van der Waals surface area contributed by atoms with Crippen LogP contribution >= 0.6 is 0 Å². The van der Waals surface area contributed by atoms with Gasteiger partial charge in [-0.3, -0.25) is 14.4 Å². The normalized spacial score (nSPS) is 36.4. The molecule has 0 aliphatic heterocycles. The van der Waals surface area contributed by atoms with Gasteiger partial charge in [0.25, 0.3) is 0 Å². The van der Waals surface area contributed by atoms with E-state index in [-0.39, 0.29) is 11.3 Å². The molecule has 36 heavy (non-hydrogen) atoms. The van der Waals surface area contributed by atoms with E-state index in [1.807, 2.05) is 20.8 Å². The third-order valence-corrected chi connectivity index (χ3v) is 8.31. The van der Waals surface area contributed by atoms with Crippen LogP contribution in [0.4, 0.5) is 0 Å². The second-order valence-electron chi connectivity index (χ2n) is 11.6. The number of benzene rings is 1. The monoisotopic (exact) mass is 502 g/mol. The Morgan fingerprint density at radius 2 is 1.67 bits per heavy atom. The van der Waals surface area contributed by atoms with Crippen LogP contribution in [0.5, 0.6) is 5.75 Å². The number of hydrogen-bond donors (Lipinski definition) is 6. The molecule has 0 spiro atoms. The molecule has 196 valence electrons. The predicted molar refractivity (Wildman–Crippen MR) is 128 cm³/mol. The maximum Gasteiger partial charge on any atom is 0.230 e. The minimum atomic E-state index is -2.86. The van der Waals surface area contributed by atoms with Gasteiger partial charge >= 0.3 is 0 Å². The van der Waals surface area contributed by atoms with E-state index in [1.54, 1.807) is 19.1 Å². The molecule has 0 radical (unpaired) electrons. The molecule has 2 unspecified atom stereocenters. The summed E-state index contributed by atoms with van der Waals surface area (Å²) in [7, 11) is 3.06. The van der Waals surface area contributed by atoms with Crippen LogP contribution in [-0.2, 0) is 15.0 Å². The number of hydrogen-bond acceptors (Lipinski definition) is 9. The van der Waals surface area contributed by atoms with Gasteiger partial charge in [0.05, 0.1) is 17.8 Å². The first-order chi connectivity index (χ1) is 16.5. The third-order valence-electron chi connectivity index (χ3n) is 8.31. The Kier molecular flexibility index (Phi) is 5.92. The van der Waals surface area contributed by atoms with Crippen LogP contribution in [-0.4, -0.2) is 85.9 Å². The van der Waals surface area contributed by atoms with E-state index >= 15 is 0 Å². The standard InChI is InChI=1S/C26H34N2O8/c1-9-10-7-8-11(25(2,3)4)18(29)13(10)19(30)14-12(9)20(31)16-17(28(5)6)21(32)15(24(27)35)23(34)26(16,36)22(14)33/h7-9,12,15-17,20-21,29,31-33,36H,1-6H3,(H2,27,35)/t9-,12+,15?,16+,17-,20-,21?,26-/m0/s1. The van der Waals surface area contributed by atoms with Gasteiger partial charge in [0.15, 0.2) is 17.2 Å². The van der Waals surface area contributed by atoms with Crippen molar-refractivity contribution in [3.63, 3.8) is 0 Å². The zero-order valence-electron chi connectivity index (χ0n) is 21.2. The van der Waals surface area contributed by atoms with Gasteiger partial charge in [0.1, 0.15) is 17.4 Å². The van der Waals surface area contributed by atoms with Crippen LogP contribution in [0, 0.1) is 17.8 Å². The number of phenols is 1. The summed E-state index contributed by atoms with van der Waals surface area (Å²) in [6.07, 6.45) is -3.24. The number of phenolic OH excluding ortho intramolecular Hbond substituents is 1. The van der Waals surface area contributed by atoms with E-state index < -0.39 is 81.7 Å². The van der Waals surface area contributed by atoms with E-state index in [9.17, 15) is 39.9 Å². The number of aliphatic hydroxyl groups excluding tert-OH is 3. The van der Waals surface area contributed by atoms with Crippen molar-refractivity contribution in [1.82, 2.24) is 4.90 Å². The van der Waals surface area contributed by atoms with Gasteiger partial charge in [-0.2, -0.15) is 0 Å². The number of carbonyl (C=O) groups is 3. The lowest BCUT2D eigenvalue weighted by molar-refractivity contribution is -0.194. The number of nitrogens with two attached hydrogens (primary N) is 1. The molecular weight excluding hydrogens is 468 g/mol. The van der Waals surface area contributed by atoms with Crippen molar-refractivity contribution in [3.8, 4) is 5.75 Å². The van der Waals surface area contributed by atoms with Gasteiger partial charge < -0.3 is 36.2 Å². The maximum absolute atomic E-state index is 13.8. The second-order valence-corrected chi connectivity index (χ2v) is 11.6. The Morgan fingerprint density at radius 3 is 2.17 bits per heavy atom. The summed E-state index contributed by atoms with van der Waals surface area (Å²) in [6, 6.07) is 2.25. The first-order valence-electron chi connectivity index (χ1n) is 11.9. The van der Waals surface area contributed by atoms with E-state index in [1.165, 1.54) is 19.0 Å². The first-order valence-corrected chi connectivity index (χ1v) is 11.9. The zero-order valence-corrected chi connectivity index (χ0v) is 21.2. The molecule has 3 aliphatic rings. The number of carbonyl (C=O) groups excluding carboxylic acids is 3.